The van der Waals surface area contributed by atoms with Crippen LogP contribution in [0, 0.1) is 0 Å². The van der Waals surface area contributed by atoms with Gasteiger partial charge >= 0.3 is 6.09 Å². The maximum Gasteiger partial charge on any atom is 0.410 e. The monoisotopic (exact) mass is 342 g/mol. The minimum atomic E-state index is -0.459. The van der Waals surface area contributed by atoms with Gasteiger partial charge in [-0.05, 0) is 58.7 Å². The van der Waals surface area contributed by atoms with Crippen molar-refractivity contribution in [3.05, 3.63) is 0 Å². The van der Waals surface area contributed by atoms with Gasteiger partial charge < -0.3 is 19.9 Å². The zero-order chi connectivity index (χ0) is 17.5. The molecule has 132 valence electrons. The molecule has 7 heteroatoms. The summed E-state index contributed by atoms with van der Waals surface area (Å²) in [5.74, 6) is 0. The lowest BCUT2D eigenvalue weighted by molar-refractivity contribution is 0.00907. The zero-order valence-corrected chi connectivity index (χ0v) is 15.8. The van der Waals surface area contributed by atoms with Crippen molar-refractivity contribution in [1.29, 1.82) is 0 Å². The summed E-state index contributed by atoms with van der Waals surface area (Å²) in [4.78, 5) is 20.1. The standard InChI is InChI=1S/C16H30N4O2S/c1-16(2,3)22-15(21)20-11-7-6-8-13(20)9-10-17-14(23)18-12-19(4)5/h12-13H,6-11H2,1-5H3,(H,17,23)/b18-12+. The number of hydrogen-bond donors (Lipinski definition) is 1. The SMILES string of the molecule is CN(C)/C=N/C(=S)NCCC1CCCCN1C(=O)OC(C)(C)C. The molecular weight excluding hydrogens is 312 g/mol. The van der Waals surface area contributed by atoms with E-state index in [-0.39, 0.29) is 12.1 Å². The van der Waals surface area contributed by atoms with Crippen LogP contribution in [-0.4, -0.2) is 66.2 Å². The van der Waals surface area contributed by atoms with Crippen molar-refractivity contribution in [3.8, 4) is 0 Å². The molecule has 1 saturated heterocycles. The highest BCUT2D eigenvalue weighted by Gasteiger charge is 2.30. The Kier molecular flexibility index (Phi) is 7.75. The average Bonchev–Trinajstić information content (AvgIpc) is 2.43. The molecule has 0 aromatic rings. The second kappa shape index (κ2) is 9.05. The Labute approximate surface area is 145 Å². The molecule has 0 saturated carbocycles. The number of likely N-dealkylation sites (tertiary alicyclic amines) is 1. The highest BCUT2D eigenvalue weighted by atomic mass is 32.1. The van der Waals surface area contributed by atoms with Crippen LogP contribution in [0.4, 0.5) is 4.79 Å². The van der Waals surface area contributed by atoms with Gasteiger partial charge in [0.2, 0.25) is 0 Å². The molecule has 0 aliphatic carbocycles. The summed E-state index contributed by atoms with van der Waals surface area (Å²) in [6.45, 7) is 7.15. The lowest BCUT2D eigenvalue weighted by atomic mass is 10.00. The van der Waals surface area contributed by atoms with Crippen LogP contribution in [0.1, 0.15) is 46.5 Å². The van der Waals surface area contributed by atoms with Gasteiger partial charge in [-0.2, -0.15) is 0 Å². The molecule has 1 amide bonds. The van der Waals surface area contributed by atoms with Crippen LogP contribution in [-0.2, 0) is 4.74 Å². The number of hydrogen-bond acceptors (Lipinski definition) is 3. The van der Waals surface area contributed by atoms with E-state index in [1.807, 2.05) is 44.7 Å². The maximum absolute atomic E-state index is 12.3. The lowest BCUT2D eigenvalue weighted by Crippen LogP contribution is -2.47. The molecule has 0 radical (unpaired) electrons. The Morgan fingerprint density at radius 1 is 1.43 bits per heavy atom. The molecular formula is C16H30N4O2S. The predicted octanol–water partition coefficient (Wildman–Crippen LogP) is 2.63. The number of thiocarbonyl (C=S) groups is 1. The molecule has 1 aliphatic heterocycles. The smallest absolute Gasteiger partial charge is 0.410 e. The number of rotatable bonds is 4. The molecule has 0 aromatic carbocycles. The van der Waals surface area contributed by atoms with Crippen molar-refractivity contribution in [2.45, 2.75) is 58.1 Å². The lowest BCUT2D eigenvalue weighted by Gasteiger charge is -2.36. The van der Waals surface area contributed by atoms with Crippen molar-refractivity contribution in [3.63, 3.8) is 0 Å². The van der Waals surface area contributed by atoms with Gasteiger partial charge in [0.1, 0.15) is 5.60 Å². The van der Waals surface area contributed by atoms with Crippen molar-refractivity contribution in [2.75, 3.05) is 27.2 Å². The molecule has 23 heavy (non-hydrogen) atoms. The van der Waals surface area contributed by atoms with E-state index in [9.17, 15) is 4.79 Å². The number of nitrogens with zero attached hydrogens (tertiary/aromatic N) is 3. The van der Waals surface area contributed by atoms with Gasteiger partial charge in [0.15, 0.2) is 5.11 Å². The summed E-state index contributed by atoms with van der Waals surface area (Å²) in [5, 5.41) is 3.59. The highest BCUT2D eigenvalue weighted by Crippen LogP contribution is 2.22. The number of nitrogens with one attached hydrogen (secondary N) is 1. The van der Waals surface area contributed by atoms with Crippen LogP contribution in [0.3, 0.4) is 0 Å². The molecule has 0 bridgehead atoms. The fourth-order valence-corrected chi connectivity index (χ4v) is 2.57. The van der Waals surface area contributed by atoms with Gasteiger partial charge in [0.05, 0.1) is 6.34 Å². The van der Waals surface area contributed by atoms with Crippen LogP contribution in [0.25, 0.3) is 0 Å². The van der Waals surface area contributed by atoms with Crippen LogP contribution in [0.5, 0.6) is 0 Å². The van der Waals surface area contributed by atoms with E-state index in [4.69, 9.17) is 17.0 Å². The van der Waals surface area contributed by atoms with Crippen molar-refractivity contribution in [1.82, 2.24) is 15.1 Å². The first-order valence-electron chi connectivity index (χ1n) is 8.17. The van der Waals surface area contributed by atoms with E-state index >= 15 is 0 Å². The highest BCUT2D eigenvalue weighted by molar-refractivity contribution is 7.80. The first-order valence-corrected chi connectivity index (χ1v) is 8.58. The van der Waals surface area contributed by atoms with Gasteiger partial charge in [0, 0.05) is 33.2 Å². The molecule has 1 rings (SSSR count). The van der Waals surface area contributed by atoms with E-state index in [0.29, 0.717) is 11.7 Å². The van der Waals surface area contributed by atoms with E-state index < -0.39 is 5.60 Å². The van der Waals surface area contributed by atoms with Crippen LogP contribution in [0.2, 0.25) is 0 Å². The Hall–Kier alpha value is -1.37. The number of aliphatic imine (C=N–C) groups is 1. The molecule has 1 aliphatic rings. The molecule has 0 aromatic heterocycles. The van der Waals surface area contributed by atoms with E-state index in [0.717, 1.165) is 32.2 Å². The minimum absolute atomic E-state index is 0.201. The third kappa shape index (κ3) is 8.16. The number of carbonyl (C=O) groups excluding carboxylic acids is 1. The van der Waals surface area contributed by atoms with Crippen LogP contribution >= 0.6 is 12.2 Å². The number of carbonyl (C=O) groups is 1. The van der Waals surface area contributed by atoms with Gasteiger partial charge in [-0.15, -0.1) is 0 Å². The molecule has 0 spiro atoms. The number of piperidine rings is 1. The summed E-state index contributed by atoms with van der Waals surface area (Å²) in [7, 11) is 3.79. The number of amides is 1. The van der Waals surface area contributed by atoms with Gasteiger partial charge in [0.25, 0.3) is 0 Å². The summed E-state index contributed by atoms with van der Waals surface area (Å²) >= 11 is 5.15. The third-order valence-corrected chi connectivity index (χ3v) is 3.66. The zero-order valence-electron chi connectivity index (χ0n) is 15.0. The Morgan fingerprint density at radius 2 is 2.13 bits per heavy atom. The fraction of sp³-hybridized carbons (Fsp3) is 0.812. The van der Waals surface area contributed by atoms with Crippen LogP contribution < -0.4 is 5.32 Å². The Morgan fingerprint density at radius 3 is 2.74 bits per heavy atom. The maximum atomic E-state index is 12.3. The quantitative estimate of drug-likeness (QED) is 0.483. The Bertz CT molecular complexity index is 432. The second-order valence-electron chi connectivity index (χ2n) is 7.05. The molecule has 1 unspecified atom stereocenters. The molecule has 1 atom stereocenters. The largest absolute Gasteiger partial charge is 0.444 e. The minimum Gasteiger partial charge on any atom is -0.444 e. The number of ether oxygens (including phenoxy) is 1. The van der Waals surface area contributed by atoms with E-state index in [1.165, 1.54) is 0 Å². The van der Waals surface area contributed by atoms with Crippen molar-refractivity contribution < 1.29 is 9.53 Å². The molecule has 1 N–H and O–H groups in total. The third-order valence-electron chi connectivity index (χ3n) is 3.41. The first-order chi connectivity index (χ1) is 10.7. The summed E-state index contributed by atoms with van der Waals surface area (Å²) in [5.41, 5.74) is -0.459. The van der Waals surface area contributed by atoms with Crippen molar-refractivity contribution >= 4 is 29.8 Å². The molecule has 1 heterocycles. The van der Waals surface area contributed by atoms with Gasteiger partial charge in [-0.25, -0.2) is 9.79 Å². The van der Waals surface area contributed by atoms with Crippen molar-refractivity contribution in [2.24, 2.45) is 4.99 Å². The van der Waals surface area contributed by atoms with Crippen LogP contribution in [0.15, 0.2) is 4.99 Å². The molecule has 1 fully saturated rings. The second-order valence-corrected chi connectivity index (χ2v) is 7.44. The summed E-state index contributed by atoms with van der Waals surface area (Å²) in [6.07, 6.45) is 5.49. The van der Waals surface area contributed by atoms with E-state index in [2.05, 4.69) is 10.3 Å². The normalized spacial score (nSPS) is 18.8. The van der Waals surface area contributed by atoms with Gasteiger partial charge in [-0.3, -0.25) is 0 Å². The summed E-state index contributed by atoms with van der Waals surface area (Å²) < 4.78 is 5.51. The fourth-order valence-electron chi connectivity index (χ4n) is 2.42. The first kappa shape index (κ1) is 19.7. The molecule has 6 nitrogen and oxygen atoms in total. The van der Waals surface area contributed by atoms with E-state index in [1.54, 1.807) is 6.34 Å². The van der Waals surface area contributed by atoms with Gasteiger partial charge in [-0.1, -0.05) is 0 Å². The summed E-state index contributed by atoms with van der Waals surface area (Å²) in [6, 6.07) is 0.201. The topological polar surface area (TPSA) is 57.2 Å². The average molecular weight is 343 g/mol. The predicted molar refractivity (Wildman–Crippen MR) is 98.0 cm³/mol. The Balaban J connectivity index is 2.46.